The number of pyridine rings is 3. The molecule has 0 spiro atoms. The van der Waals surface area contributed by atoms with Crippen molar-refractivity contribution in [1.29, 1.82) is 0 Å². The molecule has 2 aliphatic rings. The molecule has 11 heteroatoms. The van der Waals surface area contributed by atoms with Crippen LogP contribution in [-0.4, -0.2) is 70.6 Å². The number of carbonyl (C=O) groups is 1. The number of rotatable bonds is 5. The number of H-pyrrole nitrogens is 1. The van der Waals surface area contributed by atoms with Crippen molar-refractivity contribution in [2.45, 2.75) is 6.04 Å². The van der Waals surface area contributed by atoms with Crippen molar-refractivity contribution in [1.82, 2.24) is 19.3 Å². The Morgan fingerprint density at radius 1 is 1.15 bits per heavy atom. The topological polar surface area (TPSA) is 106 Å². The maximum absolute atomic E-state index is 15.5. The van der Waals surface area contributed by atoms with Gasteiger partial charge in [-0.25, -0.2) is 18.6 Å². The Morgan fingerprint density at radius 3 is 2.55 bits per heavy atom. The van der Waals surface area contributed by atoms with Gasteiger partial charge in [-0.05, 0) is 44.1 Å². The van der Waals surface area contributed by atoms with E-state index in [2.05, 4.69) is 39.2 Å². The lowest BCUT2D eigenvalue weighted by Crippen LogP contribution is -2.31. The number of hydrogen-bond acceptors (Lipinski definition) is 6. The minimum Gasteiger partial charge on any atom is -0.477 e. The second-order valence-electron chi connectivity index (χ2n) is 10.8. The van der Waals surface area contributed by atoms with Crippen LogP contribution in [0.25, 0.3) is 38.6 Å². The van der Waals surface area contributed by atoms with E-state index in [0.717, 1.165) is 19.2 Å². The van der Waals surface area contributed by atoms with Gasteiger partial charge in [-0.1, -0.05) is 6.07 Å². The van der Waals surface area contributed by atoms with Crippen LogP contribution in [0.2, 0.25) is 0 Å². The first-order valence-corrected chi connectivity index (χ1v) is 13.0. The first kappa shape index (κ1) is 24.5. The smallest absolute Gasteiger partial charge is 0.341 e. The van der Waals surface area contributed by atoms with E-state index in [4.69, 9.17) is 0 Å². The fourth-order valence-electron chi connectivity index (χ4n) is 6.64. The Balaban J connectivity index is 1.51. The number of aromatic amines is 1. The summed E-state index contributed by atoms with van der Waals surface area (Å²) in [5, 5.41) is 13.0. The van der Waals surface area contributed by atoms with Crippen molar-refractivity contribution in [2.24, 2.45) is 11.8 Å². The molecular weight excluding hydrogens is 518 g/mol. The molecule has 0 radical (unpaired) electrons. The molecule has 0 amide bonds. The summed E-state index contributed by atoms with van der Waals surface area (Å²) in [5.74, 6) is -2.34. The summed E-state index contributed by atoms with van der Waals surface area (Å²) in [6, 6.07) is 8.01. The largest absolute Gasteiger partial charge is 0.477 e. The maximum Gasteiger partial charge on any atom is 0.341 e. The second kappa shape index (κ2) is 8.49. The zero-order valence-electron chi connectivity index (χ0n) is 22.0. The number of fused-ring (bicyclic) bond motifs is 5. The summed E-state index contributed by atoms with van der Waals surface area (Å²) < 4.78 is 31.6. The van der Waals surface area contributed by atoms with Crippen LogP contribution in [0, 0.1) is 23.5 Å². The van der Waals surface area contributed by atoms with E-state index in [1.807, 2.05) is 6.07 Å². The molecule has 5 heterocycles. The van der Waals surface area contributed by atoms with Gasteiger partial charge in [-0.3, -0.25) is 9.20 Å². The molecule has 9 nitrogen and oxygen atoms in total. The first-order valence-electron chi connectivity index (χ1n) is 13.0. The van der Waals surface area contributed by atoms with Crippen molar-refractivity contribution >= 4 is 44.8 Å². The van der Waals surface area contributed by atoms with E-state index >= 15 is 4.39 Å². The molecule has 0 bridgehead atoms. The van der Waals surface area contributed by atoms with Crippen molar-refractivity contribution < 1.29 is 18.7 Å². The van der Waals surface area contributed by atoms with Gasteiger partial charge in [0.15, 0.2) is 11.6 Å². The number of aromatic nitrogens is 3. The highest BCUT2D eigenvalue weighted by Crippen LogP contribution is 2.52. The summed E-state index contributed by atoms with van der Waals surface area (Å²) in [4.78, 5) is 36.8. The molecule has 5 aromatic rings. The molecule has 0 unspecified atom stereocenters. The maximum atomic E-state index is 15.5. The summed E-state index contributed by atoms with van der Waals surface area (Å²) in [5.41, 5.74) is 2.73. The molecule has 2 fully saturated rings. The Morgan fingerprint density at radius 2 is 1.88 bits per heavy atom. The normalized spacial score (nSPS) is 20.1. The molecule has 1 aliphatic carbocycles. The highest BCUT2D eigenvalue weighted by molar-refractivity contribution is 6.18. The summed E-state index contributed by atoms with van der Waals surface area (Å²) >= 11 is 0. The van der Waals surface area contributed by atoms with E-state index in [1.54, 1.807) is 31.6 Å². The van der Waals surface area contributed by atoms with Gasteiger partial charge in [0.1, 0.15) is 11.2 Å². The van der Waals surface area contributed by atoms with Crippen LogP contribution in [0.3, 0.4) is 0 Å². The number of benzene rings is 1. The quantitative estimate of drug-likeness (QED) is 0.307. The predicted molar refractivity (Wildman–Crippen MR) is 149 cm³/mol. The van der Waals surface area contributed by atoms with Crippen LogP contribution in [0.15, 0.2) is 47.5 Å². The molecule has 3 atom stereocenters. The van der Waals surface area contributed by atoms with E-state index in [1.165, 1.54) is 10.5 Å². The third-order valence-electron chi connectivity index (χ3n) is 8.49. The highest BCUT2D eigenvalue weighted by Gasteiger charge is 2.57. The van der Waals surface area contributed by atoms with Gasteiger partial charge >= 0.3 is 5.97 Å². The number of carboxylic acids is 1. The molecule has 1 saturated heterocycles. The molecular formula is C29H26F2N6O3. The zero-order chi connectivity index (χ0) is 28.0. The molecule has 7 rings (SSSR count). The molecule has 40 heavy (non-hydrogen) atoms. The van der Waals surface area contributed by atoms with Gasteiger partial charge < -0.3 is 25.2 Å². The summed E-state index contributed by atoms with van der Waals surface area (Å²) in [6.07, 6.45) is 3.25. The Kier molecular flexibility index (Phi) is 5.21. The second-order valence-corrected chi connectivity index (χ2v) is 10.8. The van der Waals surface area contributed by atoms with Crippen LogP contribution >= 0.6 is 0 Å². The van der Waals surface area contributed by atoms with Gasteiger partial charge in [0.05, 0.1) is 27.7 Å². The lowest BCUT2D eigenvalue weighted by Gasteiger charge is -2.27. The molecule has 4 aromatic heterocycles. The summed E-state index contributed by atoms with van der Waals surface area (Å²) in [7, 11) is 5.78. The van der Waals surface area contributed by atoms with Crippen LogP contribution in [-0.2, 0) is 0 Å². The Labute approximate surface area is 226 Å². The number of halogens is 2. The molecule has 1 saturated carbocycles. The van der Waals surface area contributed by atoms with Gasteiger partial charge in [0, 0.05) is 61.3 Å². The minimum atomic E-state index is -1.31. The number of nitrogens with zero attached hydrogens (tertiary/aromatic N) is 4. The first-order chi connectivity index (χ1) is 19.2. The average Bonchev–Trinajstić information content (AvgIpc) is 3.24. The lowest BCUT2D eigenvalue weighted by molar-refractivity contribution is 0.0694. The molecule has 204 valence electrons. The van der Waals surface area contributed by atoms with Crippen molar-refractivity contribution in [3.63, 3.8) is 0 Å². The predicted octanol–water partition coefficient (Wildman–Crippen LogP) is 4.01. The Bertz CT molecular complexity index is 1940. The van der Waals surface area contributed by atoms with E-state index in [9.17, 15) is 19.1 Å². The van der Waals surface area contributed by atoms with Gasteiger partial charge in [0.25, 0.3) is 5.56 Å². The third-order valence-corrected chi connectivity index (χ3v) is 8.49. The van der Waals surface area contributed by atoms with Crippen molar-refractivity contribution in [2.75, 3.05) is 44.4 Å². The van der Waals surface area contributed by atoms with Crippen LogP contribution in [0.5, 0.6) is 0 Å². The summed E-state index contributed by atoms with van der Waals surface area (Å²) in [6.45, 7) is 1.47. The van der Waals surface area contributed by atoms with E-state index < -0.39 is 23.2 Å². The highest BCUT2D eigenvalue weighted by atomic mass is 19.2. The number of aromatic carboxylic acids is 1. The van der Waals surface area contributed by atoms with Crippen LogP contribution in [0.4, 0.5) is 20.2 Å². The molecule has 1 aliphatic heterocycles. The Hall–Kier alpha value is -4.51. The van der Waals surface area contributed by atoms with Crippen molar-refractivity contribution in [3.05, 3.63) is 70.3 Å². The number of nitrogens with one attached hydrogen (secondary N) is 2. The van der Waals surface area contributed by atoms with Crippen molar-refractivity contribution in [3.8, 4) is 11.1 Å². The van der Waals surface area contributed by atoms with Crippen LogP contribution in [0.1, 0.15) is 10.4 Å². The number of piperidine rings is 1. The van der Waals surface area contributed by atoms with E-state index in [0.29, 0.717) is 62.4 Å². The fourth-order valence-corrected chi connectivity index (χ4v) is 6.64. The fraction of sp³-hybridized carbons (Fsp3) is 0.276. The zero-order valence-corrected chi connectivity index (χ0v) is 22.0. The number of hydrogen-bond donors (Lipinski definition) is 3. The lowest BCUT2D eigenvalue weighted by atomic mass is 10.0. The standard InChI is InChI=1S/C29H26F2N6O3/c1-32-20-8-19(30)23(31)21-22-26(36-11-17-18(12-36)25(17)35(2)3)16(9-33-27(22)34-24(20)21)13-4-5-14-6-7-15(29(39)40)28(38)37(14)10-13/h4-10,17-18,25,32H,11-12H2,1-3H3,(H,33,34)(H,39,40)/t17-,18+,25-. The monoisotopic (exact) mass is 544 g/mol. The third kappa shape index (κ3) is 3.37. The van der Waals surface area contributed by atoms with Gasteiger partial charge in [-0.15, -0.1) is 0 Å². The SMILES string of the molecule is CNc1cc(F)c(F)c2c1[nH]c1ncc(-c3ccc4ccc(C(=O)O)c(=O)n4c3)c(N3C[C@@H]4[C@H](C3)[C@@H]4N(C)C)c12. The number of carboxylic acid groups (broad SMARTS) is 1. The van der Waals surface area contributed by atoms with Gasteiger partial charge in [-0.2, -0.15) is 0 Å². The minimum absolute atomic E-state index is 0.111. The van der Waals surface area contributed by atoms with E-state index in [-0.39, 0.29) is 10.9 Å². The molecule has 3 N–H and O–H groups in total. The number of anilines is 2. The molecule has 1 aromatic carbocycles. The van der Waals surface area contributed by atoms with Crippen LogP contribution < -0.4 is 15.8 Å². The average molecular weight is 545 g/mol. The van der Waals surface area contributed by atoms with Gasteiger partial charge in [0.2, 0.25) is 0 Å².